The maximum absolute atomic E-state index is 13.4. The number of nitriles is 1. The highest BCUT2D eigenvalue weighted by Crippen LogP contribution is 2.25. The highest BCUT2D eigenvalue weighted by atomic mass is 16.2. The van der Waals surface area contributed by atoms with Crippen LogP contribution in [0.4, 0.5) is 5.82 Å². The van der Waals surface area contributed by atoms with Gasteiger partial charge in [0.25, 0.3) is 0 Å². The molecule has 154 valence electrons. The van der Waals surface area contributed by atoms with Crippen molar-refractivity contribution in [1.82, 2.24) is 4.98 Å². The Morgan fingerprint density at radius 3 is 2.41 bits per heavy atom. The minimum atomic E-state index is -0.411. The summed E-state index contributed by atoms with van der Waals surface area (Å²) in [5.74, 6) is 0.719. The van der Waals surface area contributed by atoms with Crippen LogP contribution in [0.3, 0.4) is 0 Å². The molecule has 0 saturated heterocycles. The zero-order chi connectivity index (χ0) is 21.9. The summed E-state index contributed by atoms with van der Waals surface area (Å²) >= 11 is 0. The lowest BCUT2D eigenvalue weighted by Gasteiger charge is -2.07. The smallest absolute Gasteiger partial charge is 0.258 e. The summed E-state index contributed by atoms with van der Waals surface area (Å²) in [5, 5.41) is 12.6. The molecule has 0 spiro atoms. The van der Waals surface area contributed by atoms with Crippen molar-refractivity contribution in [3.05, 3.63) is 114 Å². The highest BCUT2D eigenvalue weighted by molar-refractivity contribution is 5.82. The van der Waals surface area contributed by atoms with E-state index in [1.165, 1.54) is 0 Å². The Hall–Kier alpha value is -4.30. The quantitative estimate of drug-likeness (QED) is 0.495. The number of hydrogen-bond acceptors (Lipinski definition) is 4. The number of fused-ring (bicyclic) bond motifs is 1. The molecule has 0 radical (unpaired) electrons. The number of aromatic nitrogens is 2. The molecule has 0 fully saturated rings. The second kappa shape index (κ2) is 8.44. The Bertz CT molecular complexity index is 1330. The third-order valence-electron chi connectivity index (χ3n) is 5.65. The van der Waals surface area contributed by atoms with Crippen LogP contribution in [0.1, 0.15) is 27.2 Å². The van der Waals surface area contributed by atoms with Crippen LogP contribution in [-0.4, -0.2) is 16.9 Å². The topological polar surface area (TPSA) is 69.7 Å². The van der Waals surface area contributed by atoms with Crippen LogP contribution in [0.5, 0.6) is 0 Å². The first-order chi connectivity index (χ1) is 15.7. The number of anilines is 1. The van der Waals surface area contributed by atoms with Gasteiger partial charge in [-0.25, -0.2) is 9.78 Å². The van der Waals surface area contributed by atoms with Crippen LogP contribution < -0.4 is 9.88 Å². The largest absolute Gasteiger partial charge is 0.359 e. The molecule has 2 heterocycles. The summed E-state index contributed by atoms with van der Waals surface area (Å²) in [5.41, 5.74) is 5.24. The number of carbonyl (C=O) groups excluding carboxylic acids is 1. The zero-order valence-corrected chi connectivity index (χ0v) is 17.4. The zero-order valence-electron chi connectivity index (χ0n) is 17.4. The molecule has 1 aromatic heterocycles. The first-order valence-corrected chi connectivity index (χ1v) is 10.6. The molecule has 4 aromatic rings. The van der Waals surface area contributed by atoms with Gasteiger partial charge < -0.3 is 0 Å². The van der Waals surface area contributed by atoms with Crippen molar-refractivity contribution in [3.63, 3.8) is 0 Å². The van der Waals surface area contributed by atoms with Gasteiger partial charge in [0.15, 0.2) is 6.04 Å². The molecule has 32 heavy (non-hydrogen) atoms. The van der Waals surface area contributed by atoms with E-state index in [-0.39, 0.29) is 5.91 Å². The van der Waals surface area contributed by atoms with Crippen LogP contribution in [-0.2, 0) is 12.8 Å². The van der Waals surface area contributed by atoms with Crippen molar-refractivity contribution in [3.8, 4) is 17.3 Å². The van der Waals surface area contributed by atoms with Crippen LogP contribution >= 0.6 is 0 Å². The minimum absolute atomic E-state index is 0.0174. The molecule has 5 heteroatoms. The average molecular weight is 417 g/mol. The molecule has 1 aliphatic heterocycles. The summed E-state index contributed by atoms with van der Waals surface area (Å²) in [4.78, 5) is 18.3. The summed E-state index contributed by atoms with van der Waals surface area (Å²) in [7, 11) is 0. The van der Waals surface area contributed by atoms with E-state index >= 15 is 0 Å². The van der Waals surface area contributed by atoms with Gasteiger partial charge in [0.2, 0.25) is 0 Å². The molecule has 1 atom stereocenters. The van der Waals surface area contributed by atoms with Gasteiger partial charge in [-0.3, -0.25) is 5.32 Å². The van der Waals surface area contributed by atoms with Crippen molar-refractivity contribution in [1.29, 1.82) is 5.26 Å². The number of hydrogen-bond donors (Lipinski definition) is 1. The maximum atomic E-state index is 13.4. The monoisotopic (exact) mass is 417 g/mol. The van der Waals surface area contributed by atoms with Gasteiger partial charge in [0.1, 0.15) is 17.6 Å². The van der Waals surface area contributed by atoms with Gasteiger partial charge in [0, 0.05) is 18.4 Å². The normalized spacial score (nSPS) is 14.5. The third kappa shape index (κ3) is 3.86. The SMILES string of the molecule is N#Cc1cccc(CC2Nc3c(Cc4ccccc4)nc(-c4ccccc4)c[n+]3C2=O)c1. The molecule has 0 aliphatic carbocycles. The van der Waals surface area contributed by atoms with Crippen molar-refractivity contribution in [2.24, 2.45) is 0 Å². The lowest BCUT2D eigenvalue weighted by atomic mass is 10.0. The lowest BCUT2D eigenvalue weighted by molar-refractivity contribution is -0.552. The standard InChI is InChI=1S/C27H20N4O/c28-17-21-11-7-10-20(14-21)16-24-27(32)31-18-25(22-12-5-2-6-13-22)29-23(26(31)30-24)15-19-8-3-1-4-9-19/h1-14,18,24H,15-16H2/p+1. The second-order valence-corrected chi connectivity index (χ2v) is 7.87. The van der Waals surface area contributed by atoms with E-state index in [2.05, 4.69) is 23.5 Å². The number of rotatable bonds is 5. The Morgan fingerprint density at radius 1 is 0.938 bits per heavy atom. The van der Waals surface area contributed by atoms with Crippen molar-refractivity contribution >= 4 is 11.7 Å². The third-order valence-corrected chi connectivity index (χ3v) is 5.65. The average Bonchev–Trinajstić information content (AvgIpc) is 3.16. The van der Waals surface area contributed by atoms with Crippen LogP contribution in [0.2, 0.25) is 0 Å². The Labute approximate surface area is 186 Å². The molecule has 1 aliphatic rings. The van der Waals surface area contributed by atoms with E-state index in [4.69, 9.17) is 4.98 Å². The van der Waals surface area contributed by atoms with Crippen LogP contribution in [0, 0.1) is 11.3 Å². The predicted octanol–water partition coefficient (Wildman–Crippen LogP) is 4.18. The van der Waals surface area contributed by atoms with Gasteiger partial charge in [-0.15, -0.1) is 0 Å². The molecule has 1 N–H and O–H groups in total. The Kier molecular flexibility index (Phi) is 5.19. The van der Waals surface area contributed by atoms with Crippen molar-refractivity contribution in [2.45, 2.75) is 18.9 Å². The second-order valence-electron chi connectivity index (χ2n) is 7.87. The first kappa shape index (κ1) is 19.7. The van der Waals surface area contributed by atoms with Gasteiger partial charge in [-0.1, -0.05) is 72.8 Å². The van der Waals surface area contributed by atoms with E-state index in [9.17, 15) is 10.1 Å². The predicted molar refractivity (Wildman–Crippen MR) is 122 cm³/mol. The Morgan fingerprint density at radius 2 is 1.66 bits per heavy atom. The maximum Gasteiger partial charge on any atom is 0.359 e. The molecule has 3 aromatic carbocycles. The summed E-state index contributed by atoms with van der Waals surface area (Å²) in [6, 6.07) is 29.2. The molecular weight excluding hydrogens is 396 g/mol. The number of benzene rings is 3. The molecular formula is C27H21N4O+. The fourth-order valence-corrected chi connectivity index (χ4v) is 4.08. The molecule has 5 rings (SSSR count). The molecule has 1 unspecified atom stereocenters. The van der Waals surface area contributed by atoms with Gasteiger partial charge in [-0.2, -0.15) is 9.83 Å². The first-order valence-electron chi connectivity index (χ1n) is 10.6. The number of carbonyl (C=O) groups is 1. The summed E-state index contributed by atoms with van der Waals surface area (Å²) < 4.78 is 1.70. The molecule has 5 nitrogen and oxygen atoms in total. The van der Waals surface area contributed by atoms with Gasteiger partial charge in [0.05, 0.1) is 11.6 Å². The van der Waals surface area contributed by atoms with Crippen molar-refractivity contribution in [2.75, 3.05) is 5.32 Å². The number of nitrogens with one attached hydrogen (secondary N) is 1. The molecule has 0 amide bonds. The van der Waals surface area contributed by atoms with E-state index in [1.807, 2.05) is 72.9 Å². The fourth-order valence-electron chi connectivity index (χ4n) is 4.08. The van der Waals surface area contributed by atoms with Gasteiger partial charge in [-0.05, 0) is 23.3 Å². The molecule has 0 bridgehead atoms. The van der Waals surface area contributed by atoms with Gasteiger partial charge >= 0.3 is 11.7 Å². The number of nitrogens with zero attached hydrogens (tertiary/aromatic N) is 3. The van der Waals surface area contributed by atoms with E-state index < -0.39 is 6.04 Å². The Balaban J connectivity index is 1.53. The fraction of sp³-hybridized carbons (Fsp3) is 0.111. The summed E-state index contributed by atoms with van der Waals surface area (Å²) in [6.45, 7) is 0. The van der Waals surface area contributed by atoms with Crippen LogP contribution in [0.25, 0.3) is 11.3 Å². The van der Waals surface area contributed by atoms with E-state index in [1.54, 1.807) is 10.6 Å². The summed E-state index contributed by atoms with van der Waals surface area (Å²) in [6.07, 6.45) is 2.94. The lowest BCUT2D eigenvalue weighted by Crippen LogP contribution is -2.44. The molecule has 0 saturated carbocycles. The van der Waals surface area contributed by atoms with Crippen LogP contribution in [0.15, 0.2) is 91.1 Å². The van der Waals surface area contributed by atoms with E-state index in [0.29, 0.717) is 18.4 Å². The minimum Gasteiger partial charge on any atom is -0.258 e. The van der Waals surface area contributed by atoms with Crippen molar-refractivity contribution < 1.29 is 9.36 Å². The highest BCUT2D eigenvalue weighted by Gasteiger charge is 2.41. The van der Waals surface area contributed by atoms with E-state index in [0.717, 1.165) is 33.9 Å².